The number of amides is 1. The zero-order valence-corrected chi connectivity index (χ0v) is 10.0. The van der Waals surface area contributed by atoms with Crippen molar-refractivity contribution in [3.05, 3.63) is 35.9 Å². The highest BCUT2D eigenvalue weighted by Crippen LogP contribution is 2.22. The molecule has 1 heterocycles. The van der Waals surface area contributed by atoms with Gasteiger partial charge in [0.15, 0.2) is 0 Å². The van der Waals surface area contributed by atoms with E-state index < -0.39 is 0 Å². The number of hydrogen-bond donors (Lipinski definition) is 1. The van der Waals surface area contributed by atoms with Crippen molar-refractivity contribution in [2.45, 2.75) is 19.1 Å². The summed E-state index contributed by atoms with van der Waals surface area (Å²) in [5, 5.41) is 0. The topological polar surface area (TPSA) is 55.6 Å². The van der Waals surface area contributed by atoms with Crippen molar-refractivity contribution >= 4 is 5.91 Å². The lowest BCUT2D eigenvalue weighted by molar-refractivity contribution is -0.151. The van der Waals surface area contributed by atoms with E-state index in [0.717, 1.165) is 5.56 Å². The van der Waals surface area contributed by atoms with Crippen LogP contribution < -0.4 is 5.73 Å². The van der Waals surface area contributed by atoms with Crippen LogP contribution in [0.4, 0.5) is 0 Å². The van der Waals surface area contributed by atoms with E-state index in [2.05, 4.69) is 0 Å². The number of nitrogens with two attached hydrogens (primary N) is 1. The molecule has 2 rings (SSSR count). The van der Waals surface area contributed by atoms with Crippen molar-refractivity contribution in [3.8, 4) is 0 Å². The number of morpholine rings is 1. The van der Waals surface area contributed by atoms with Crippen LogP contribution in [0.5, 0.6) is 0 Å². The van der Waals surface area contributed by atoms with Crippen LogP contribution in [-0.4, -0.2) is 36.6 Å². The number of hydrogen-bond acceptors (Lipinski definition) is 3. The summed E-state index contributed by atoms with van der Waals surface area (Å²) in [5.41, 5.74) is 6.72. The van der Waals surface area contributed by atoms with E-state index in [9.17, 15) is 4.79 Å². The monoisotopic (exact) mass is 234 g/mol. The molecule has 0 aliphatic carbocycles. The summed E-state index contributed by atoms with van der Waals surface area (Å²) < 4.78 is 5.34. The highest BCUT2D eigenvalue weighted by molar-refractivity contribution is 5.78. The molecule has 2 unspecified atom stereocenters. The van der Waals surface area contributed by atoms with Crippen molar-refractivity contribution in [1.29, 1.82) is 0 Å². The maximum Gasteiger partial charge on any atom is 0.249 e. The van der Waals surface area contributed by atoms with E-state index in [0.29, 0.717) is 13.1 Å². The number of carbonyl (C=O) groups excluding carboxylic acids is 1. The summed E-state index contributed by atoms with van der Waals surface area (Å²) in [4.78, 5) is 13.7. The van der Waals surface area contributed by atoms with Crippen molar-refractivity contribution in [3.63, 3.8) is 0 Å². The van der Waals surface area contributed by atoms with Gasteiger partial charge in [0.2, 0.25) is 5.91 Å². The van der Waals surface area contributed by atoms with Crippen LogP contribution in [0.3, 0.4) is 0 Å². The van der Waals surface area contributed by atoms with Crippen LogP contribution >= 0.6 is 0 Å². The van der Waals surface area contributed by atoms with E-state index in [1.165, 1.54) is 0 Å². The molecule has 0 radical (unpaired) electrons. The summed E-state index contributed by atoms with van der Waals surface area (Å²) in [6, 6.07) is 10.1. The molecule has 4 nitrogen and oxygen atoms in total. The normalized spacial score (nSPS) is 22.6. The molecule has 2 N–H and O–H groups in total. The largest absolute Gasteiger partial charge is 0.365 e. The van der Waals surface area contributed by atoms with E-state index in [1.54, 1.807) is 0 Å². The molecule has 1 fully saturated rings. The smallest absolute Gasteiger partial charge is 0.249 e. The summed E-state index contributed by atoms with van der Waals surface area (Å²) in [7, 11) is 0. The maximum absolute atomic E-state index is 11.8. The van der Waals surface area contributed by atoms with Crippen molar-refractivity contribution in [2.24, 2.45) is 5.73 Å². The van der Waals surface area contributed by atoms with Gasteiger partial charge in [0, 0.05) is 13.1 Å². The summed E-state index contributed by atoms with van der Waals surface area (Å²) in [5.74, 6) is 0.0334. The molecule has 0 saturated carbocycles. The lowest BCUT2D eigenvalue weighted by Gasteiger charge is -2.36. The van der Waals surface area contributed by atoms with E-state index in [1.807, 2.05) is 42.2 Å². The van der Waals surface area contributed by atoms with Crippen LogP contribution in [0.15, 0.2) is 30.3 Å². The number of benzene rings is 1. The Bertz CT molecular complexity index is 380. The lowest BCUT2D eigenvalue weighted by atomic mass is 10.1. The first-order chi connectivity index (χ1) is 8.22. The van der Waals surface area contributed by atoms with Gasteiger partial charge in [0.05, 0.1) is 12.1 Å². The predicted octanol–water partition coefficient (Wildman–Crippen LogP) is 0.934. The molecule has 1 amide bonds. The molecule has 1 aromatic carbocycles. The molecule has 4 heteroatoms. The second kappa shape index (κ2) is 5.29. The molecular weight excluding hydrogens is 216 g/mol. The second-order valence-electron chi connectivity index (χ2n) is 4.30. The SMILES string of the molecule is CC(c1ccccc1)N1CC(CN)OCC1=O. The third-order valence-corrected chi connectivity index (χ3v) is 3.18. The molecule has 1 aromatic rings. The van der Waals surface area contributed by atoms with Crippen LogP contribution in [0.2, 0.25) is 0 Å². The number of nitrogens with zero attached hydrogens (tertiary/aromatic N) is 1. The van der Waals surface area contributed by atoms with E-state index in [-0.39, 0.29) is 24.7 Å². The average molecular weight is 234 g/mol. The van der Waals surface area contributed by atoms with Crippen LogP contribution in [0, 0.1) is 0 Å². The third-order valence-electron chi connectivity index (χ3n) is 3.18. The summed E-state index contributed by atoms with van der Waals surface area (Å²) in [6.45, 7) is 3.20. The molecule has 0 aromatic heterocycles. The fourth-order valence-corrected chi connectivity index (χ4v) is 2.07. The first-order valence-corrected chi connectivity index (χ1v) is 5.88. The summed E-state index contributed by atoms with van der Waals surface area (Å²) in [6.07, 6.45) is -0.0427. The Morgan fingerprint density at radius 1 is 1.47 bits per heavy atom. The Hall–Kier alpha value is -1.39. The Kier molecular flexibility index (Phi) is 3.76. The highest BCUT2D eigenvalue weighted by Gasteiger charge is 2.29. The number of carbonyl (C=O) groups is 1. The number of ether oxygens (including phenoxy) is 1. The minimum atomic E-state index is -0.0427. The fraction of sp³-hybridized carbons (Fsp3) is 0.462. The van der Waals surface area contributed by atoms with Crippen molar-refractivity contribution < 1.29 is 9.53 Å². The highest BCUT2D eigenvalue weighted by atomic mass is 16.5. The molecule has 1 saturated heterocycles. The van der Waals surface area contributed by atoms with Gasteiger partial charge in [-0.25, -0.2) is 0 Å². The Morgan fingerprint density at radius 3 is 2.82 bits per heavy atom. The number of rotatable bonds is 3. The maximum atomic E-state index is 11.8. The molecule has 2 atom stereocenters. The molecule has 1 aliphatic rings. The van der Waals surface area contributed by atoms with Crippen LogP contribution in [0.1, 0.15) is 18.5 Å². The van der Waals surface area contributed by atoms with Crippen LogP contribution in [0.25, 0.3) is 0 Å². The Labute approximate surface area is 101 Å². The van der Waals surface area contributed by atoms with Gasteiger partial charge >= 0.3 is 0 Å². The van der Waals surface area contributed by atoms with Crippen molar-refractivity contribution in [2.75, 3.05) is 19.7 Å². The average Bonchev–Trinajstić information content (AvgIpc) is 2.39. The fourth-order valence-electron chi connectivity index (χ4n) is 2.07. The van der Waals surface area contributed by atoms with Gasteiger partial charge in [-0.05, 0) is 12.5 Å². The Morgan fingerprint density at radius 2 is 2.18 bits per heavy atom. The van der Waals surface area contributed by atoms with Gasteiger partial charge < -0.3 is 15.4 Å². The first-order valence-electron chi connectivity index (χ1n) is 5.88. The zero-order valence-electron chi connectivity index (χ0n) is 10.0. The second-order valence-corrected chi connectivity index (χ2v) is 4.30. The lowest BCUT2D eigenvalue weighted by Crippen LogP contribution is -2.49. The molecule has 1 aliphatic heterocycles. The molecule has 17 heavy (non-hydrogen) atoms. The molecule has 92 valence electrons. The standard InChI is InChI=1S/C13H18N2O2/c1-10(11-5-3-2-4-6-11)15-8-12(7-14)17-9-13(15)16/h2-6,10,12H,7-9,14H2,1H3. The van der Waals surface area contributed by atoms with Gasteiger partial charge in [-0.3, -0.25) is 4.79 Å². The molecule has 0 bridgehead atoms. The van der Waals surface area contributed by atoms with Gasteiger partial charge in [-0.1, -0.05) is 30.3 Å². The van der Waals surface area contributed by atoms with E-state index in [4.69, 9.17) is 10.5 Å². The summed E-state index contributed by atoms with van der Waals surface area (Å²) >= 11 is 0. The van der Waals surface area contributed by atoms with Gasteiger partial charge in [0.25, 0.3) is 0 Å². The minimum Gasteiger partial charge on any atom is -0.365 e. The quantitative estimate of drug-likeness (QED) is 0.846. The van der Waals surface area contributed by atoms with Gasteiger partial charge in [-0.15, -0.1) is 0 Å². The van der Waals surface area contributed by atoms with E-state index >= 15 is 0 Å². The Balaban J connectivity index is 2.12. The van der Waals surface area contributed by atoms with Crippen molar-refractivity contribution in [1.82, 2.24) is 4.90 Å². The van der Waals surface area contributed by atoms with Gasteiger partial charge in [-0.2, -0.15) is 0 Å². The van der Waals surface area contributed by atoms with Gasteiger partial charge in [0.1, 0.15) is 6.61 Å². The third kappa shape index (κ3) is 2.65. The minimum absolute atomic E-state index is 0.0334. The predicted molar refractivity (Wildman–Crippen MR) is 65.4 cm³/mol. The zero-order chi connectivity index (χ0) is 12.3. The van der Waals surface area contributed by atoms with Crippen LogP contribution in [-0.2, 0) is 9.53 Å². The molecular formula is C13H18N2O2. The first kappa shape index (κ1) is 12.1. The molecule has 0 spiro atoms.